The van der Waals surface area contributed by atoms with Crippen molar-refractivity contribution in [1.82, 2.24) is 5.06 Å². The Balaban J connectivity index is 2.03. The second-order valence-electron chi connectivity index (χ2n) is 3.38. The van der Waals surface area contributed by atoms with Crippen molar-refractivity contribution < 1.29 is 23.8 Å². The lowest BCUT2D eigenvalue weighted by molar-refractivity contribution is -0.402. The van der Waals surface area contributed by atoms with Gasteiger partial charge >= 0.3 is 5.88 Å². The molecule has 18 heavy (non-hydrogen) atoms. The second kappa shape index (κ2) is 4.80. The molecule has 1 aliphatic heterocycles. The molecule has 1 aliphatic rings. The third-order valence-electron chi connectivity index (χ3n) is 2.15. The maximum Gasteiger partial charge on any atom is 0.433 e. The van der Waals surface area contributed by atoms with Crippen LogP contribution < -0.4 is 0 Å². The molecule has 0 unspecified atom stereocenters. The van der Waals surface area contributed by atoms with Gasteiger partial charge in [0.15, 0.2) is 0 Å². The summed E-state index contributed by atoms with van der Waals surface area (Å²) in [4.78, 5) is 37.1. The van der Waals surface area contributed by atoms with Crippen LogP contribution in [0.3, 0.4) is 0 Å². The summed E-state index contributed by atoms with van der Waals surface area (Å²) < 4.78 is 4.80. The molecule has 0 saturated carbocycles. The van der Waals surface area contributed by atoms with Crippen LogP contribution in [0.1, 0.15) is 12.2 Å². The number of hydrogen-bond donors (Lipinski definition) is 0. The van der Waals surface area contributed by atoms with Crippen molar-refractivity contribution in [3.05, 3.63) is 34.1 Å². The van der Waals surface area contributed by atoms with Crippen LogP contribution in [-0.2, 0) is 14.4 Å². The average Bonchev–Trinajstić information content (AvgIpc) is 2.94. The molecule has 8 nitrogen and oxygen atoms in total. The number of amides is 2. The predicted molar refractivity (Wildman–Crippen MR) is 56.8 cm³/mol. The van der Waals surface area contributed by atoms with Gasteiger partial charge in [0, 0.05) is 6.08 Å². The van der Waals surface area contributed by atoms with Crippen molar-refractivity contribution in [1.29, 1.82) is 0 Å². The SMILES string of the molecule is O=C(C=Cc1ccc([N+](=O)[O-])o1)N1OCCC1=O. The molecule has 0 aromatic carbocycles. The lowest BCUT2D eigenvalue weighted by Gasteiger charge is -2.07. The van der Waals surface area contributed by atoms with Gasteiger partial charge < -0.3 is 4.42 Å². The number of hydroxylamine groups is 2. The van der Waals surface area contributed by atoms with Gasteiger partial charge in [-0.2, -0.15) is 0 Å². The molecule has 0 N–H and O–H groups in total. The predicted octanol–water partition coefficient (Wildman–Crippen LogP) is 0.891. The molecule has 2 heterocycles. The minimum absolute atomic E-state index is 0.140. The summed E-state index contributed by atoms with van der Waals surface area (Å²) in [7, 11) is 0. The van der Waals surface area contributed by atoms with E-state index in [0.717, 1.165) is 6.08 Å². The molecule has 2 amide bonds. The fraction of sp³-hybridized carbons (Fsp3) is 0.200. The molecule has 0 aliphatic carbocycles. The van der Waals surface area contributed by atoms with Gasteiger partial charge in [0.1, 0.15) is 10.7 Å². The highest BCUT2D eigenvalue weighted by atomic mass is 16.7. The summed E-state index contributed by atoms with van der Waals surface area (Å²) in [5.74, 6) is -1.36. The van der Waals surface area contributed by atoms with Crippen LogP contribution in [0.2, 0.25) is 0 Å². The van der Waals surface area contributed by atoms with Crippen LogP contribution >= 0.6 is 0 Å². The highest BCUT2D eigenvalue weighted by Gasteiger charge is 2.26. The summed E-state index contributed by atoms with van der Waals surface area (Å²) in [6.45, 7) is 0.171. The number of carbonyl (C=O) groups excluding carboxylic acids is 2. The standard InChI is InChI=1S/C10H8N2O6/c13-8(11-9(14)5-6-17-11)3-1-7-2-4-10(18-7)12(15)16/h1-4H,5-6H2. The van der Waals surface area contributed by atoms with Crippen LogP contribution in [0.4, 0.5) is 5.88 Å². The molecule has 0 radical (unpaired) electrons. The van der Waals surface area contributed by atoms with Gasteiger partial charge in [0.05, 0.1) is 19.1 Å². The molecule has 8 heteroatoms. The van der Waals surface area contributed by atoms with E-state index in [4.69, 9.17) is 9.25 Å². The van der Waals surface area contributed by atoms with Crippen molar-refractivity contribution >= 4 is 23.8 Å². The van der Waals surface area contributed by atoms with E-state index in [9.17, 15) is 19.7 Å². The van der Waals surface area contributed by atoms with Crippen LogP contribution in [0.15, 0.2) is 22.6 Å². The van der Waals surface area contributed by atoms with Crippen molar-refractivity contribution in [2.45, 2.75) is 6.42 Å². The van der Waals surface area contributed by atoms with Crippen molar-refractivity contribution in [3.63, 3.8) is 0 Å². The third-order valence-corrected chi connectivity index (χ3v) is 2.15. The zero-order valence-electron chi connectivity index (χ0n) is 9.07. The smallest absolute Gasteiger partial charge is 0.401 e. The molecule has 0 atom stereocenters. The number of hydrogen-bond acceptors (Lipinski definition) is 6. The van der Waals surface area contributed by atoms with E-state index in [1.807, 2.05) is 0 Å². The Morgan fingerprint density at radius 1 is 1.50 bits per heavy atom. The molecule has 1 fully saturated rings. The van der Waals surface area contributed by atoms with Gasteiger partial charge in [-0.25, -0.2) is 0 Å². The fourth-order valence-corrected chi connectivity index (χ4v) is 1.34. The van der Waals surface area contributed by atoms with E-state index < -0.39 is 22.6 Å². The Bertz CT molecular complexity index is 532. The first kappa shape index (κ1) is 12.0. The zero-order chi connectivity index (χ0) is 13.1. The van der Waals surface area contributed by atoms with E-state index in [0.29, 0.717) is 5.06 Å². The maximum atomic E-state index is 11.5. The Morgan fingerprint density at radius 3 is 2.83 bits per heavy atom. The first-order chi connectivity index (χ1) is 8.58. The Kier molecular flexibility index (Phi) is 3.20. The topological polar surface area (TPSA) is 103 Å². The summed E-state index contributed by atoms with van der Waals surface area (Å²) >= 11 is 0. The molecule has 0 spiro atoms. The molecule has 94 valence electrons. The summed E-state index contributed by atoms with van der Waals surface area (Å²) in [5, 5.41) is 11.0. The Labute approximate surface area is 101 Å². The summed E-state index contributed by atoms with van der Waals surface area (Å²) in [6, 6.07) is 2.51. The molecule has 2 rings (SSSR count). The normalized spacial score (nSPS) is 15.6. The van der Waals surface area contributed by atoms with Gasteiger partial charge in [-0.1, -0.05) is 0 Å². The van der Waals surface area contributed by atoms with E-state index in [1.54, 1.807) is 0 Å². The van der Waals surface area contributed by atoms with Gasteiger partial charge in [-0.05, 0) is 12.1 Å². The third kappa shape index (κ3) is 2.43. The quantitative estimate of drug-likeness (QED) is 0.449. The highest BCUT2D eigenvalue weighted by molar-refractivity contribution is 6.02. The first-order valence-corrected chi connectivity index (χ1v) is 5.00. The first-order valence-electron chi connectivity index (χ1n) is 5.00. The van der Waals surface area contributed by atoms with Crippen LogP contribution in [0.5, 0.6) is 0 Å². The van der Waals surface area contributed by atoms with Gasteiger partial charge in [0.2, 0.25) is 0 Å². The zero-order valence-corrected chi connectivity index (χ0v) is 9.07. The molecule has 1 aromatic rings. The number of carbonyl (C=O) groups is 2. The van der Waals surface area contributed by atoms with Crippen LogP contribution in [0.25, 0.3) is 6.08 Å². The number of nitro groups is 1. The summed E-state index contributed by atoms with van der Waals surface area (Å²) in [6.07, 6.45) is 2.43. The molecule has 1 aromatic heterocycles. The van der Waals surface area contributed by atoms with Gasteiger partial charge in [-0.15, -0.1) is 5.06 Å². The number of rotatable bonds is 3. The fourth-order valence-electron chi connectivity index (χ4n) is 1.34. The Morgan fingerprint density at radius 2 is 2.28 bits per heavy atom. The Hall–Kier alpha value is -2.48. The van der Waals surface area contributed by atoms with Crippen LogP contribution in [-0.4, -0.2) is 28.4 Å². The number of furan rings is 1. The van der Waals surface area contributed by atoms with E-state index in [2.05, 4.69) is 0 Å². The van der Waals surface area contributed by atoms with Crippen molar-refractivity contribution in [2.75, 3.05) is 6.61 Å². The minimum Gasteiger partial charge on any atom is -0.401 e. The van der Waals surface area contributed by atoms with Gasteiger partial charge in [-0.3, -0.25) is 24.5 Å². The number of nitrogens with zero attached hydrogens (tertiary/aromatic N) is 2. The van der Waals surface area contributed by atoms with E-state index in [1.165, 1.54) is 18.2 Å². The summed E-state index contributed by atoms with van der Waals surface area (Å²) in [5.41, 5.74) is 0. The number of imide groups is 1. The van der Waals surface area contributed by atoms with Crippen LogP contribution in [0, 0.1) is 10.1 Å². The largest absolute Gasteiger partial charge is 0.433 e. The highest BCUT2D eigenvalue weighted by Crippen LogP contribution is 2.17. The van der Waals surface area contributed by atoms with E-state index in [-0.39, 0.29) is 18.8 Å². The molecule has 0 bridgehead atoms. The second-order valence-corrected chi connectivity index (χ2v) is 3.38. The minimum atomic E-state index is -0.688. The lowest BCUT2D eigenvalue weighted by atomic mass is 10.3. The van der Waals surface area contributed by atoms with Gasteiger partial charge in [0.25, 0.3) is 11.8 Å². The van der Waals surface area contributed by atoms with Crippen molar-refractivity contribution in [3.8, 4) is 0 Å². The molecular weight excluding hydrogens is 244 g/mol. The van der Waals surface area contributed by atoms with E-state index >= 15 is 0 Å². The molecule has 1 saturated heterocycles. The lowest BCUT2D eigenvalue weighted by Crippen LogP contribution is -2.28. The monoisotopic (exact) mass is 252 g/mol. The maximum absolute atomic E-state index is 11.5. The average molecular weight is 252 g/mol. The molecular formula is C10H8N2O6. The van der Waals surface area contributed by atoms with Crippen molar-refractivity contribution in [2.24, 2.45) is 0 Å².